The summed E-state index contributed by atoms with van der Waals surface area (Å²) < 4.78 is 4.40. The summed E-state index contributed by atoms with van der Waals surface area (Å²) in [5.41, 5.74) is 0. The van der Waals surface area contributed by atoms with E-state index in [0.717, 1.165) is 0 Å². The highest BCUT2D eigenvalue weighted by atomic mass is 16.5. The first-order valence-electron chi connectivity index (χ1n) is 3.68. The molecule has 0 heterocycles. The Morgan fingerprint density at radius 1 is 1.54 bits per heavy atom. The number of nitrogens with one attached hydrogen (secondary N) is 1. The Kier molecular flexibility index (Phi) is 6.04. The van der Waals surface area contributed by atoms with Gasteiger partial charge < -0.3 is 10.1 Å². The summed E-state index contributed by atoms with van der Waals surface area (Å²) >= 11 is 0. The largest absolute Gasteiger partial charge is 0.452 e. The molecule has 0 spiro atoms. The van der Waals surface area contributed by atoms with E-state index in [2.05, 4.69) is 26.9 Å². The van der Waals surface area contributed by atoms with Crippen molar-refractivity contribution in [3.05, 3.63) is 12.7 Å². The van der Waals surface area contributed by atoms with E-state index in [1.807, 2.05) is 0 Å². The minimum absolute atomic E-state index is 0.201. The third-order valence-electron chi connectivity index (χ3n) is 0.888. The summed E-state index contributed by atoms with van der Waals surface area (Å²) in [6, 6.07) is -0.701. The van der Waals surface area contributed by atoms with Gasteiger partial charge in [0.25, 0.3) is 0 Å². The molecule has 0 rings (SSSR count). The Balaban J connectivity index is 3.75. The van der Waals surface area contributed by atoms with E-state index in [0.29, 0.717) is 0 Å². The van der Waals surface area contributed by atoms with Gasteiger partial charge in [-0.1, -0.05) is 16.3 Å². The monoisotopic (exact) mass is 185 g/mol. The number of hydrogen-bond acceptors (Lipinski definition) is 3. The van der Waals surface area contributed by atoms with Crippen molar-refractivity contribution >= 4 is 12.1 Å². The lowest BCUT2D eigenvalue weighted by molar-refractivity contribution is 0.161. The lowest BCUT2D eigenvalue weighted by atomic mass is 10.6. The zero-order valence-electron chi connectivity index (χ0n) is 7.32. The van der Waals surface area contributed by atoms with Gasteiger partial charge >= 0.3 is 12.1 Å². The van der Waals surface area contributed by atoms with E-state index in [9.17, 15) is 9.59 Å². The predicted octanol–water partition coefficient (Wildman–Crippen LogP) is 1.49. The molecule has 13 heavy (non-hydrogen) atoms. The van der Waals surface area contributed by atoms with E-state index >= 15 is 0 Å². The van der Waals surface area contributed by atoms with E-state index < -0.39 is 12.1 Å². The van der Waals surface area contributed by atoms with Gasteiger partial charge in [0.15, 0.2) is 0 Å². The van der Waals surface area contributed by atoms with Crippen LogP contribution in [0.15, 0.2) is 22.9 Å². The van der Waals surface area contributed by atoms with Crippen LogP contribution in [-0.2, 0) is 4.74 Å². The van der Waals surface area contributed by atoms with Gasteiger partial charge in [-0.2, -0.15) is 0 Å². The van der Waals surface area contributed by atoms with Gasteiger partial charge in [0.1, 0.15) is 0 Å². The smallest absolute Gasteiger partial charge is 0.447 e. The van der Waals surface area contributed by atoms with Crippen molar-refractivity contribution in [3.63, 3.8) is 0 Å². The number of nitrogens with zero attached hydrogens (tertiary/aromatic N) is 2. The summed E-state index contributed by atoms with van der Waals surface area (Å²) in [5.74, 6) is 0. The number of amides is 3. The summed E-state index contributed by atoms with van der Waals surface area (Å²) in [6.45, 7) is 5.49. The van der Waals surface area contributed by atoms with Crippen LogP contribution in [-0.4, -0.2) is 25.3 Å². The molecule has 6 heteroatoms. The van der Waals surface area contributed by atoms with Gasteiger partial charge in [0, 0.05) is 6.54 Å². The average molecular weight is 185 g/mol. The van der Waals surface area contributed by atoms with Crippen LogP contribution in [0.3, 0.4) is 0 Å². The van der Waals surface area contributed by atoms with Gasteiger partial charge in [-0.05, 0) is 6.92 Å². The Labute approximate surface area is 75.7 Å². The topological polar surface area (TPSA) is 80.1 Å². The first-order chi connectivity index (χ1) is 6.20. The van der Waals surface area contributed by atoms with Gasteiger partial charge in [-0.25, -0.2) is 9.59 Å². The van der Waals surface area contributed by atoms with Gasteiger partial charge in [0.05, 0.1) is 6.61 Å². The molecule has 1 N–H and O–H groups in total. The molecule has 0 radical (unpaired) electrons. The first-order valence-corrected chi connectivity index (χ1v) is 3.68. The van der Waals surface area contributed by atoms with Crippen LogP contribution in [0.4, 0.5) is 9.59 Å². The number of carbonyl (C=O) groups excluding carboxylic acids is 2. The lowest BCUT2D eigenvalue weighted by Gasteiger charge is -1.94. The third-order valence-corrected chi connectivity index (χ3v) is 0.888. The van der Waals surface area contributed by atoms with E-state index in [1.165, 1.54) is 6.08 Å². The number of hydrogen-bond donors (Lipinski definition) is 1. The molecule has 0 aliphatic carbocycles. The maximum atomic E-state index is 10.7. The van der Waals surface area contributed by atoms with Crippen LogP contribution in [0.25, 0.3) is 0 Å². The van der Waals surface area contributed by atoms with Crippen LogP contribution in [0.1, 0.15) is 6.92 Å². The second kappa shape index (κ2) is 6.96. The molecular weight excluding hydrogens is 174 g/mol. The van der Waals surface area contributed by atoms with Crippen molar-refractivity contribution in [2.75, 3.05) is 13.2 Å². The quantitative estimate of drug-likeness (QED) is 0.534. The van der Waals surface area contributed by atoms with Crippen molar-refractivity contribution < 1.29 is 14.3 Å². The zero-order valence-corrected chi connectivity index (χ0v) is 7.32. The Morgan fingerprint density at radius 3 is 2.77 bits per heavy atom. The fourth-order valence-electron chi connectivity index (χ4n) is 0.433. The maximum absolute atomic E-state index is 10.7. The number of ether oxygens (including phenoxy) is 1. The summed E-state index contributed by atoms with van der Waals surface area (Å²) in [5, 5.41) is 8.32. The minimum atomic E-state index is -0.878. The summed E-state index contributed by atoms with van der Waals surface area (Å²) in [6.07, 6.45) is 0.605. The highest BCUT2D eigenvalue weighted by Gasteiger charge is 1.99. The maximum Gasteiger partial charge on any atom is 0.452 e. The second-order valence-corrected chi connectivity index (χ2v) is 1.87. The fraction of sp³-hybridized carbons (Fsp3) is 0.429. The third kappa shape index (κ3) is 6.67. The molecule has 0 aromatic heterocycles. The molecule has 6 nitrogen and oxygen atoms in total. The molecule has 72 valence electrons. The number of rotatable bonds is 3. The van der Waals surface area contributed by atoms with Crippen LogP contribution >= 0.6 is 0 Å². The molecule has 0 aliphatic rings. The normalized spacial score (nSPS) is 9.62. The van der Waals surface area contributed by atoms with Crippen LogP contribution in [0, 0.1) is 0 Å². The molecule has 0 bridgehead atoms. The zero-order chi connectivity index (χ0) is 10.1. The molecular formula is C7H11N3O3. The summed E-state index contributed by atoms with van der Waals surface area (Å²) in [4.78, 5) is 21.2. The Morgan fingerprint density at radius 2 is 2.23 bits per heavy atom. The Hall–Kier alpha value is -1.72. The molecule has 0 unspecified atom stereocenters. The standard InChI is InChI=1S/C7H11N3O3/c1-3-5-8-6(11)9-10-7(12)13-4-2/h3H,1,4-5H2,2H3,(H,8,11)/b10-9+. The molecule has 0 saturated heterocycles. The average Bonchev–Trinajstić information content (AvgIpc) is 2.12. The van der Waals surface area contributed by atoms with E-state index in [-0.39, 0.29) is 13.2 Å². The number of carbonyl (C=O) groups is 2. The van der Waals surface area contributed by atoms with Crippen LogP contribution < -0.4 is 5.32 Å². The minimum Gasteiger partial charge on any atom is -0.447 e. The highest BCUT2D eigenvalue weighted by Crippen LogP contribution is 1.85. The van der Waals surface area contributed by atoms with E-state index in [4.69, 9.17) is 0 Å². The van der Waals surface area contributed by atoms with Crippen LogP contribution in [0.2, 0.25) is 0 Å². The highest BCUT2D eigenvalue weighted by molar-refractivity contribution is 5.77. The Bertz CT molecular complexity index is 225. The van der Waals surface area contributed by atoms with Gasteiger partial charge in [-0.3, -0.25) is 0 Å². The van der Waals surface area contributed by atoms with Crippen molar-refractivity contribution in [2.45, 2.75) is 6.92 Å². The molecule has 0 aromatic carbocycles. The second-order valence-electron chi connectivity index (χ2n) is 1.87. The molecule has 0 aliphatic heterocycles. The number of urea groups is 1. The molecule has 0 saturated carbocycles. The molecule has 0 atom stereocenters. The fourth-order valence-corrected chi connectivity index (χ4v) is 0.433. The van der Waals surface area contributed by atoms with Gasteiger partial charge in [0.2, 0.25) is 0 Å². The summed E-state index contributed by atoms with van der Waals surface area (Å²) in [7, 11) is 0. The predicted molar refractivity (Wildman–Crippen MR) is 45.5 cm³/mol. The lowest BCUT2D eigenvalue weighted by Crippen LogP contribution is -2.19. The van der Waals surface area contributed by atoms with E-state index in [1.54, 1.807) is 6.92 Å². The van der Waals surface area contributed by atoms with Crippen molar-refractivity contribution in [1.29, 1.82) is 0 Å². The SMILES string of the molecule is C=CCNC(=O)/N=N/C(=O)OCC. The molecule has 0 fully saturated rings. The van der Waals surface area contributed by atoms with Crippen molar-refractivity contribution in [3.8, 4) is 0 Å². The van der Waals surface area contributed by atoms with Gasteiger partial charge in [-0.15, -0.1) is 6.58 Å². The molecule has 0 aromatic rings. The molecule has 3 amide bonds. The van der Waals surface area contributed by atoms with Crippen LogP contribution in [0.5, 0.6) is 0 Å². The first kappa shape index (κ1) is 11.3. The number of azo groups is 1. The van der Waals surface area contributed by atoms with Crippen molar-refractivity contribution in [2.24, 2.45) is 10.2 Å². The van der Waals surface area contributed by atoms with Crippen molar-refractivity contribution in [1.82, 2.24) is 5.32 Å².